The molecule has 0 radical (unpaired) electrons. The van der Waals surface area contributed by atoms with Crippen molar-refractivity contribution < 1.29 is 14.6 Å². The lowest BCUT2D eigenvalue weighted by Gasteiger charge is -2.25. The molecular weight excluding hydrogens is 643 g/mol. The number of imidazole rings is 1. The first-order valence-corrected chi connectivity index (χ1v) is 23.1. The monoisotopic (exact) mass is 732 g/mol. The first-order valence-electron chi connectivity index (χ1n) is 23.1. The molecular formula is C46H89N3O3. The second-order valence-electron chi connectivity index (χ2n) is 16.2. The Morgan fingerprint density at radius 3 is 1.58 bits per heavy atom. The van der Waals surface area contributed by atoms with E-state index >= 15 is 0 Å². The standard InChI is InChI=1S/C46H89N3O3/c1-5-8-11-14-17-18-19-20-22-27-33-44(50)42-48(39-32-40-49-41-37-47-43(49)4)38-31-26-21-25-30-36-46(51)52-45(34-28-23-15-12-9-6-2)35-29-24-16-13-10-7-3/h37,41,44-45,50H,5-36,38-40,42H2,1-4H3/t44-/m0/s1. The SMILES string of the molecule is CCCCCCCCCCCC[C@H](O)CN(CCCCCCCC(=O)OC(CCCCCCCC)CCCCCCCC)CCCn1ccnc1C. The summed E-state index contributed by atoms with van der Waals surface area (Å²) in [5.41, 5.74) is 0. The molecule has 0 spiro atoms. The number of aromatic nitrogens is 2. The fraction of sp³-hybridized carbons (Fsp3) is 0.913. The summed E-state index contributed by atoms with van der Waals surface area (Å²) in [6, 6.07) is 0. The van der Waals surface area contributed by atoms with Crippen LogP contribution in [0.3, 0.4) is 0 Å². The third-order valence-corrected chi connectivity index (χ3v) is 11.1. The van der Waals surface area contributed by atoms with Crippen LogP contribution in [0, 0.1) is 6.92 Å². The first-order chi connectivity index (χ1) is 25.5. The lowest BCUT2D eigenvalue weighted by atomic mass is 10.0. The molecule has 0 saturated heterocycles. The zero-order valence-corrected chi connectivity index (χ0v) is 35.4. The van der Waals surface area contributed by atoms with Crippen molar-refractivity contribution in [3.8, 4) is 0 Å². The molecule has 0 fully saturated rings. The smallest absolute Gasteiger partial charge is 0.306 e. The van der Waals surface area contributed by atoms with Gasteiger partial charge in [0.1, 0.15) is 11.9 Å². The maximum atomic E-state index is 12.8. The minimum atomic E-state index is -0.235. The third kappa shape index (κ3) is 30.0. The maximum absolute atomic E-state index is 12.8. The van der Waals surface area contributed by atoms with Crippen LogP contribution in [0.2, 0.25) is 0 Å². The van der Waals surface area contributed by atoms with Gasteiger partial charge in [-0.1, -0.05) is 168 Å². The van der Waals surface area contributed by atoms with Gasteiger partial charge in [-0.15, -0.1) is 0 Å². The Bertz CT molecular complexity index is 874. The highest BCUT2D eigenvalue weighted by Gasteiger charge is 2.15. The average molecular weight is 732 g/mol. The van der Waals surface area contributed by atoms with Crippen LogP contribution in [0.1, 0.15) is 232 Å². The van der Waals surface area contributed by atoms with E-state index in [4.69, 9.17) is 4.74 Å². The number of aliphatic hydroxyl groups is 1. The number of ether oxygens (including phenoxy) is 1. The maximum Gasteiger partial charge on any atom is 0.306 e. The van der Waals surface area contributed by atoms with E-state index in [1.807, 2.05) is 6.20 Å². The van der Waals surface area contributed by atoms with Gasteiger partial charge in [0, 0.05) is 31.9 Å². The summed E-state index contributed by atoms with van der Waals surface area (Å²) in [6.07, 6.45) is 42.8. The van der Waals surface area contributed by atoms with Crippen LogP contribution >= 0.6 is 0 Å². The Hall–Kier alpha value is -1.40. The minimum absolute atomic E-state index is 0.0256. The first kappa shape index (κ1) is 48.6. The van der Waals surface area contributed by atoms with Gasteiger partial charge in [-0.3, -0.25) is 4.79 Å². The van der Waals surface area contributed by atoms with E-state index in [9.17, 15) is 9.90 Å². The summed E-state index contributed by atoms with van der Waals surface area (Å²) in [5.74, 6) is 1.10. The fourth-order valence-electron chi connectivity index (χ4n) is 7.60. The number of nitrogens with zero attached hydrogens (tertiary/aromatic N) is 3. The van der Waals surface area contributed by atoms with Gasteiger partial charge in [0.15, 0.2) is 0 Å². The highest BCUT2D eigenvalue weighted by molar-refractivity contribution is 5.69. The number of hydrogen-bond acceptors (Lipinski definition) is 5. The second kappa shape index (κ2) is 36.6. The van der Waals surface area contributed by atoms with E-state index in [-0.39, 0.29) is 18.2 Å². The van der Waals surface area contributed by atoms with Gasteiger partial charge in [0.25, 0.3) is 0 Å². The Balaban J connectivity index is 2.34. The molecule has 0 saturated carbocycles. The summed E-state index contributed by atoms with van der Waals surface area (Å²) >= 11 is 0. The van der Waals surface area contributed by atoms with E-state index in [0.717, 1.165) is 89.8 Å². The van der Waals surface area contributed by atoms with E-state index in [2.05, 4.69) is 48.3 Å². The molecule has 1 atom stereocenters. The van der Waals surface area contributed by atoms with Gasteiger partial charge in [-0.05, 0) is 71.4 Å². The molecule has 1 heterocycles. The molecule has 0 amide bonds. The molecule has 1 aromatic rings. The van der Waals surface area contributed by atoms with E-state index in [1.165, 1.54) is 141 Å². The third-order valence-electron chi connectivity index (χ3n) is 11.1. The largest absolute Gasteiger partial charge is 0.462 e. The number of aryl methyl sites for hydroxylation is 2. The van der Waals surface area contributed by atoms with Crippen molar-refractivity contribution in [2.75, 3.05) is 19.6 Å². The van der Waals surface area contributed by atoms with Gasteiger partial charge in [0.05, 0.1) is 6.10 Å². The summed E-state index contributed by atoms with van der Waals surface area (Å²) in [7, 11) is 0. The number of rotatable bonds is 40. The Labute approximate surface area is 324 Å². The lowest BCUT2D eigenvalue weighted by Crippen LogP contribution is -2.34. The van der Waals surface area contributed by atoms with Crippen molar-refractivity contribution in [3.05, 3.63) is 18.2 Å². The molecule has 6 heteroatoms. The molecule has 52 heavy (non-hydrogen) atoms. The zero-order valence-electron chi connectivity index (χ0n) is 35.4. The van der Waals surface area contributed by atoms with Crippen molar-refractivity contribution >= 4 is 5.97 Å². The molecule has 0 aliphatic heterocycles. The predicted molar refractivity (Wildman–Crippen MR) is 224 cm³/mol. The van der Waals surface area contributed by atoms with Crippen molar-refractivity contribution in [3.63, 3.8) is 0 Å². The lowest BCUT2D eigenvalue weighted by molar-refractivity contribution is -0.150. The average Bonchev–Trinajstić information content (AvgIpc) is 3.55. The summed E-state index contributed by atoms with van der Waals surface area (Å²) in [6.45, 7) is 12.7. The molecule has 306 valence electrons. The van der Waals surface area contributed by atoms with E-state index < -0.39 is 0 Å². The second-order valence-corrected chi connectivity index (χ2v) is 16.2. The van der Waals surface area contributed by atoms with Gasteiger partial charge in [0.2, 0.25) is 0 Å². The van der Waals surface area contributed by atoms with Crippen molar-refractivity contribution in [2.45, 2.75) is 252 Å². The van der Waals surface area contributed by atoms with Crippen LogP contribution in [0.15, 0.2) is 12.4 Å². The zero-order chi connectivity index (χ0) is 37.7. The van der Waals surface area contributed by atoms with Crippen LogP contribution in [-0.4, -0.2) is 57.4 Å². The Morgan fingerprint density at radius 1 is 0.635 bits per heavy atom. The summed E-state index contributed by atoms with van der Waals surface area (Å²) in [4.78, 5) is 19.7. The molecule has 0 bridgehead atoms. The van der Waals surface area contributed by atoms with Crippen LogP contribution in [0.5, 0.6) is 0 Å². The number of aliphatic hydroxyl groups excluding tert-OH is 1. The molecule has 1 aromatic heterocycles. The molecule has 0 unspecified atom stereocenters. The Morgan fingerprint density at radius 2 is 1.08 bits per heavy atom. The quantitative estimate of drug-likeness (QED) is 0.0538. The van der Waals surface area contributed by atoms with Crippen molar-refractivity contribution in [1.29, 1.82) is 0 Å². The molecule has 1 N–H and O–H groups in total. The number of carbonyl (C=O) groups excluding carboxylic acids is 1. The highest BCUT2D eigenvalue weighted by Crippen LogP contribution is 2.19. The van der Waals surface area contributed by atoms with Crippen LogP contribution in [0.25, 0.3) is 0 Å². The summed E-state index contributed by atoms with van der Waals surface area (Å²) in [5, 5.41) is 10.9. The van der Waals surface area contributed by atoms with E-state index in [1.54, 1.807) is 0 Å². The molecule has 0 aromatic carbocycles. The van der Waals surface area contributed by atoms with Crippen LogP contribution < -0.4 is 0 Å². The molecule has 0 aliphatic carbocycles. The highest BCUT2D eigenvalue weighted by atomic mass is 16.5. The number of hydrogen-bond donors (Lipinski definition) is 1. The minimum Gasteiger partial charge on any atom is -0.462 e. The summed E-state index contributed by atoms with van der Waals surface area (Å²) < 4.78 is 8.30. The molecule has 1 rings (SSSR count). The number of esters is 1. The van der Waals surface area contributed by atoms with Crippen LogP contribution in [-0.2, 0) is 16.1 Å². The fourth-order valence-corrected chi connectivity index (χ4v) is 7.60. The van der Waals surface area contributed by atoms with Crippen molar-refractivity contribution in [2.24, 2.45) is 0 Å². The number of unbranched alkanes of at least 4 members (excludes halogenated alkanes) is 23. The molecule has 0 aliphatic rings. The predicted octanol–water partition coefficient (Wildman–Crippen LogP) is 13.3. The molecule has 6 nitrogen and oxygen atoms in total. The van der Waals surface area contributed by atoms with E-state index in [0.29, 0.717) is 6.42 Å². The van der Waals surface area contributed by atoms with Gasteiger partial charge < -0.3 is 19.3 Å². The normalized spacial score (nSPS) is 12.4. The van der Waals surface area contributed by atoms with Gasteiger partial charge in [-0.2, -0.15) is 0 Å². The number of carbonyl (C=O) groups is 1. The van der Waals surface area contributed by atoms with Gasteiger partial charge >= 0.3 is 5.97 Å². The topological polar surface area (TPSA) is 67.6 Å². The Kier molecular flexibility index (Phi) is 34.2. The van der Waals surface area contributed by atoms with Gasteiger partial charge in [-0.25, -0.2) is 4.98 Å². The van der Waals surface area contributed by atoms with Crippen molar-refractivity contribution in [1.82, 2.24) is 14.5 Å². The van der Waals surface area contributed by atoms with Crippen LogP contribution in [0.4, 0.5) is 0 Å².